The lowest BCUT2D eigenvalue weighted by Gasteiger charge is -2.04. The Balaban J connectivity index is 2.81. The third kappa shape index (κ3) is 1.93. The van der Waals surface area contributed by atoms with Gasteiger partial charge in [-0.1, -0.05) is 12.1 Å². The summed E-state index contributed by atoms with van der Waals surface area (Å²) >= 11 is 0. The lowest BCUT2D eigenvalue weighted by atomic mass is 10.1. The van der Waals surface area contributed by atoms with Gasteiger partial charge in [-0.25, -0.2) is 0 Å². The molecule has 0 fully saturated rings. The summed E-state index contributed by atoms with van der Waals surface area (Å²) in [4.78, 5) is 0. The fourth-order valence-electron chi connectivity index (χ4n) is 0.863. The molecule has 11 heavy (non-hydrogen) atoms. The molecule has 0 aliphatic rings. The second kappa shape index (κ2) is 3.37. The van der Waals surface area contributed by atoms with Crippen LogP contribution >= 0.6 is 0 Å². The monoisotopic (exact) mass is 154 g/mol. The normalized spacial score (nSPS) is 12.9. The SMILES string of the molecule is [NH3+]C[C@@H](O)c1ccc(O)cc1. The van der Waals surface area contributed by atoms with Gasteiger partial charge in [0.15, 0.2) is 0 Å². The molecule has 0 saturated heterocycles. The van der Waals surface area contributed by atoms with E-state index in [1.807, 2.05) is 0 Å². The van der Waals surface area contributed by atoms with Crippen LogP contribution < -0.4 is 5.73 Å². The Labute approximate surface area is 65.1 Å². The molecule has 1 atom stereocenters. The lowest BCUT2D eigenvalue weighted by molar-refractivity contribution is -0.385. The zero-order chi connectivity index (χ0) is 8.27. The van der Waals surface area contributed by atoms with Gasteiger partial charge in [-0.15, -0.1) is 0 Å². The van der Waals surface area contributed by atoms with Gasteiger partial charge in [0.1, 0.15) is 18.4 Å². The number of aliphatic hydroxyl groups is 1. The molecule has 0 aromatic heterocycles. The minimum Gasteiger partial charge on any atom is -0.508 e. The summed E-state index contributed by atoms with van der Waals surface area (Å²) in [5.74, 6) is 0.213. The van der Waals surface area contributed by atoms with E-state index in [1.165, 1.54) is 0 Å². The molecule has 0 saturated carbocycles. The van der Waals surface area contributed by atoms with Crippen LogP contribution in [0.15, 0.2) is 24.3 Å². The minimum absolute atomic E-state index is 0.213. The highest BCUT2D eigenvalue weighted by Crippen LogP contribution is 2.14. The van der Waals surface area contributed by atoms with E-state index in [0.29, 0.717) is 6.54 Å². The maximum Gasteiger partial charge on any atom is 0.128 e. The molecule has 0 unspecified atom stereocenters. The number of aliphatic hydroxyl groups excluding tert-OH is 1. The average Bonchev–Trinajstić information content (AvgIpc) is 2.05. The van der Waals surface area contributed by atoms with Gasteiger partial charge in [-0.05, 0) is 17.7 Å². The molecule has 0 radical (unpaired) electrons. The van der Waals surface area contributed by atoms with E-state index in [9.17, 15) is 5.11 Å². The largest absolute Gasteiger partial charge is 0.508 e. The molecular formula is C8H12NO2+. The Bertz CT molecular complexity index is 220. The van der Waals surface area contributed by atoms with Gasteiger partial charge in [0.05, 0.1) is 0 Å². The summed E-state index contributed by atoms with van der Waals surface area (Å²) in [6.07, 6.45) is -0.518. The number of hydrogen-bond acceptors (Lipinski definition) is 2. The summed E-state index contributed by atoms with van der Waals surface area (Å²) < 4.78 is 0. The molecule has 1 rings (SSSR count). The summed E-state index contributed by atoms with van der Waals surface area (Å²) in [6, 6.07) is 6.47. The van der Waals surface area contributed by atoms with Crippen molar-refractivity contribution in [2.45, 2.75) is 6.10 Å². The summed E-state index contributed by atoms with van der Waals surface area (Å²) in [6.45, 7) is 0.449. The van der Waals surface area contributed by atoms with Crippen molar-refractivity contribution in [3.05, 3.63) is 29.8 Å². The molecule has 0 aliphatic heterocycles. The maximum atomic E-state index is 9.28. The fourth-order valence-corrected chi connectivity index (χ4v) is 0.863. The van der Waals surface area contributed by atoms with Crippen molar-refractivity contribution in [2.75, 3.05) is 6.54 Å². The molecule has 60 valence electrons. The zero-order valence-corrected chi connectivity index (χ0v) is 6.20. The quantitative estimate of drug-likeness (QED) is 0.546. The van der Waals surface area contributed by atoms with Crippen molar-refractivity contribution in [1.29, 1.82) is 0 Å². The minimum atomic E-state index is -0.518. The number of quaternary nitrogens is 1. The summed E-state index contributed by atoms with van der Waals surface area (Å²) in [7, 11) is 0. The molecule has 3 heteroatoms. The van der Waals surface area contributed by atoms with Crippen molar-refractivity contribution < 1.29 is 15.9 Å². The zero-order valence-electron chi connectivity index (χ0n) is 6.20. The fraction of sp³-hybridized carbons (Fsp3) is 0.250. The van der Waals surface area contributed by atoms with E-state index in [4.69, 9.17) is 5.11 Å². The lowest BCUT2D eigenvalue weighted by Crippen LogP contribution is -2.52. The van der Waals surface area contributed by atoms with E-state index in [-0.39, 0.29) is 5.75 Å². The van der Waals surface area contributed by atoms with Gasteiger partial charge < -0.3 is 15.9 Å². The Kier molecular flexibility index (Phi) is 2.46. The van der Waals surface area contributed by atoms with E-state index in [2.05, 4.69) is 5.73 Å². The van der Waals surface area contributed by atoms with Crippen molar-refractivity contribution >= 4 is 0 Å². The van der Waals surface area contributed by atoms with Gasteiger partial charge >= 0.3 is 0 Å². The molecule has 0 spiro atoms. The highest BCUT2D eigenvalue weighted by Gasteiger charge is 2.05. The van der Waals surface area contributed by atoms with Crippen molar-refractivity contribution in [3.63, 3.8) is 0 Å². The van der Waals surface area contributed by atoms with Crippen LogP contribution in [-0.2, 0) is 0 Å². The van der Waals surface area contributed by atoms with Crippen molar-refractivity contribution in [1.82, 2.24) is 0 Å². The maximum absolute atomic E-state index is 9.28. The number of phenolic OH excluding ortho intramolecular Hbond substituents is 1. The van der Waals surface area contributed by atoms with Crippen LogP contribution in [0.4, 0.5) is 0 Å². The number of aromatic hydroxyl groups is 1. The summed E-state index contributed by atoms with van der Waals surface area (Å²) in [5.41, 5.74) is 4.36. The average molecular weight is 154 g/mol. The molecule has 1 aromatic carbocycles. The standard InChI is InChI=1S/C8H11NO2/c9-5-8(11)6-1-3-7(10)4-2-6/h1-4,8,10-11H,5,9H2/p+1/t8-/m1/s1. The third-order valence-corrected chi connectivity index (χ3v) is 1.55. The molecular weight excluding hydrogens is 142 g/mol. The third-order valence-electron chi connectivity index (χ3n) is 1.55. The van der Waals surface area contributed by atoms with E-state index < -0.39 is 6.10 Å². The van der Waals surface area contributed by atoms with Crippen LogP contribution in [0.1, 0.15) is 11.7 Å². The van der Waals surface area contributed by atoms with Crippen molar-refractivity contribution in [3.8, 4) is 5.75 Å². The molecule has 1 aromatic rings. The van der Waals surface area contributed by atoms with Gasteiger partial charge in [0.2, 0.25) is 0 Å². The Morgan fingerprint density at radius 2 is 1.82 bits per heavy atom. The second-order valence-corrected chi connectivity index (χ2v) is 2.40. The highest BCUT2D eigenvalue weighted by molar-refractivity contribution is 5.27. The first-order chi connectivity index (χ1) is 5.24. The molecule has 0 heterocycles. The van der Waals surface area contributed by atoms with E-state index in [0.717, 1.165) is 5.56 Å². The van der Waals surface area contributed by atoms with Crippen LogP contribution in [0, 0.1) is 0 Å². The van der Waals surface area contributed by atoms with Crippen LogP contribution in [-0.4, -0.2) is 16.8 Å². The molecule has 0 amide bonds. The van der Waals surface area contributed by atoms with Crippen LogP contribution in [0.25, 0.3) is 0 Å². The van der Waals surface area contributed by atoms with Crippen LogP contribution in [0.2, 0.25) is 0 Å². The number of benzene rings is 1. The van der Waals surface area contributed by atoms with E-state index >= 15 is 0 Å². The van der Waals surface area contributed by atoms with Gasteiger partial charge in [-0.2, -0.15) is 0 Å². The molecule has 3 nitrogen and oxygen atoms in total. The molecule has 5 N–H and O–H groups in total. The van der Waals surface area contributed by atoms with Crippen molar-refractivity contribution in [2.24, 2.45) is 0 Å². The van der Waals surface area contributed by atoms with Gasteiger partial charge in [-0.3, -0.25) is 0 Å². The Hall–Kier alpha value is -1.06. The van der Waals surface area contributed by atoms with Gasteiger partial charge in [0, 0.05) is 0 Å². The smallest absolute Gasteiger partial charge is 0.128 e. The van der Waals surface area contributed by atoms with Crippen LogP contribution in [0.3, 0.4) is 0 Å². The second-order valence-electron chi connectivity index (χ2n) is 2.40. The number of hydrogen-bond donors (Lipinski definition) is 3. The van der Waals surface area contributed by atoms with E-state index in [1.54, 1.807) is 24.3 Å². The number of phenols is 1. The first kappa shape index (κ1) is 8.04. The predicted molar refractivity (Wildman–Crippen MR) is 40.8 cm³/mol. The van der Waals surface area contributed by atoms with Gasteiger partial charge in [0.25, 0.3) is 0 Å². The summed E-state index contributed by atoms with van der Waals surface area (Å²) in [5, 5.41) is 18.2. The van der Waals surface area contributed by atoms with Crippen LogP contribution in [0.5, 0.6) is 5.75 Å². The highest BCUT2D eigenvalue weighted by atomic mass is 16.3. The first-order valence-corrected chi connectivity index (χ1v) is 3.50. The molecule has 0 aliphatic carbocycles. The number of rotatable bonds is 2. The molecule has 0 bridgehead atoms. The topological polar surface area (TPSA) is 68.1 Å². The Morgan fingerprint density at radius 3 is 2.27 bits per heavy atom. The predicted octanol–water partition coefficient (Wildman–Crippen LogP) is -0.332. The Morgan fingerprint density at radius 1 is 1.27 bits per heavy atom. The first-order valence-electron chi connectivity index (χ1n) is 3.50.